The van der Waals surface area contributed by atoms with Gasteiger partial charge in [-0.3, -0.25) is 14.4 Å². The number of esters is 3. The summed E-state index contributed by atoms with van der Waals surface area (Å²) >= 11 is 0. The quantitative estimate of drug-likeness (QED) is 0.419. The van der Waals surface area contributed by atoms with Gasteiger partial charge in [-0.15, -0.1) is 0 Å². The van der Waals surface area contributed by atoms with Crippen LogP contribution in [0.1, 0.15) is 17.3 Å². The van der Waals surface area contributed by atoms with E-state index in [1.54, 1.807) is 0 Å². The maximum atomic E-state index is 13.8. The van der Waals surface area contributed by atoms with Crippen molar-refractivity contribution in [1.29, 1.82) is 0 Å². The van der Waals surface area contributed by atoms with Gasteiger partial charge in [0.05, 0.1) is 26.9 Å². The monoisotopic (exact) mass is 387 g/mol. The standard InChI is InChI=1S/C17H19F2NO7/c1-8(12(15(22)25-2)16(23)26-3)13(17(24)27-4)20-14(21)10-6-5-9(18)7-11(10)19/h5-8,12-13H,1-4H3,(H,20,21)/t8-,13+/m0/s1. The Labute approximate surface area is 153 Å². The summed E-state index contributed by atoms with van der Waals surface area (Å²) < 4.78 is 40.4. The number of methoxy groups -OCH3 is 3. The van der Waals surface area contributed by atoms with Gasteiger partial charge in [0.1, 0.15) is 17.7 Å². The van der Waals surface area contributed by atoms with Gasteiger partial charge in [-0.2, -0.15) is 0 Å². The summed E-state index contributed by atoms with van der Waals surface area (Å²) in [4.78, 5) is 48.2. The number of nitrogens with one attached hydrogen (secondary N) is 1. The zero-order valence-corrected chi connectivity index (χ0v) is 15.1. The van der Waals surface area contributed by atoms with Gasteiger partial charge in [-0.1, -0.05) is 6.92 Å². The predicted octanol–water partition coefficient (Wildman–Crippen LogP) is 0.834. The third-order valence-corrected chi connectivity index (χ3v) is 3.88. The van der Waals surface area contributed by atoms with Gasteiger partial charge in [-0.25, -0.2) is 13.6 Å². The summed E-state index contributed by atoms with van der Waals surface area (Å²) in [6, 6.07) is 0.726. The lowest BCUT2D eigenvalue weighted by Crippen LogP contribution is -2.51. The molecule has 1 N–H and O–H groups in total. The third kappa shape index (κ3) is 5.22. The number of halogens is 2. The average Bonchev–Trinajstić information content (AvgIpc) is 2.64. The van der Waals surface area contributed by atoms with Crippen LogP contribution < -0.4 is 5.32 Å². The van der Waals surface area contributed by atoms with E-state index in [2.05, 4.69) is 19.5 Å². The van der Waals surface area contributed by atoms with Crippen LogP contribution in [0.15, 0.2) is 18.2 Å². The molecule has 0 spiro atoms. The van der Waals surface area contributed by atoms with Crippen molar-refractivity contribution < 1.29 is 42.2 Å². The number of carbonyl (C=O) groups is 4. The zero-order chi connectivity index (χ0) is 20.7. The maximum absolute atomic E-state index is 13.8. The summed E-state index contributed by atoms with van der Waals surface area (Å²) in [5.41, 5.74) is -0.537. The second-order valence-corrected chi connectivity index (χ2v) is 5.48. The lowest BCUT2D eigenvalue weighted by Gasteiger charge is -2.27. The molecule has 0 unspecified atom stereocenters. The molecule has 10 heteroatoms. The predicted molar refractivity (Wildman–Crippen MR) is 86.3 cm³/mol. The Morgan fingerprint density at radius 3 is 1.89 bits per heavy atom. The van der Waals surface area contributed by atoms with Crippen LogP contribution in [-0.4, -0.2) is 51.2 Å². The molecule has 0 bridgehead atoms. The fraction of sp³-hybridized carbons (Fsp3) is 0.412. The summed E-state index contributed by atoms with van der Waals surface area (Å²) in [6.45, 7) is 1.31. The molecule has 1 amide bonds. The van der Waals surface area contributed by atoms with E-state index in [1.165, 1.54) is 6.92 Å². The van der Waals surface area contributed by atoms with E-state index in [0.29, 0.717) is 6.07 Å². The van der Waals surface area contributed by atoms with Crippen LogP contribution in [0.25, 0.3) is 0 Å². The van der Waals surface area contributed by atoms with E-state index >= 15 is 0 Å². The zero-order valence-electron chi connectivity index (χ0n) is 15.1. The minimum atomic E-state index is -1.55. The van der Waals surface area contributed by atoms with Gasteiger partial charge in [0.25, 0.3) is 5.91 Å². The summed E-state index contributed by atoms with van der Waals surface area (Å²) in [5.74, 6) is -8.80. The minimum Gasteiger partial charge on any atom is -0.468 e. The first-order chi connectivity index (χ1) is 12.7. The highest BCUT2D eigenvalue weighted by atomic mass is 19.1. The van der Waals surface area contributed by atoms with Crippen molar-refractivity contribution in [1.82, 2.24) is 5.32 Å². The molecule has 148 valence electrons. The number of ether oxygens (including phenoxy) is 3. The molecule has 1 aromatic rings. The number of benzene rings is 1. The van der Waals surface area contributed by atoms with E-state index in [1.807, 2.05) is 0 Å². The highest BCUT2D eigenvalue weighted by Gasteiger charge is 2.42. The molecule has 2 atom stereocenters. The summed E-state index contributed by atoms with van der Waals surface area (Å²) in [7, 11) is 3.09. The summed E-state index contributed by atoms with van der Waals surface area (Å²) in [6.07, 6.45) is 0. The first-order valence-electron chi connectivity index (χ1n) is 7.67. The van der Waals surface area contributed by atoms with E-state index in [4.69, 9.17) is 0 Å². The van der Waals surface area contributed by atoms with Crippen molar-refractivity contribution in [2.75, 3.05) is 21.3 Å². The molecular formula is C17H19F2NO7. The van der Waals surface area contributed by atoms with Crippen LogP contribution in [0, 0.1) is 23.5 Å². The van der Waals surface area contributed by atoms with Gasteiger partial charge in [0, 0.05) is 12.0 Å². The Morgan fingerprint density at radius 2 is 1.44 bits per heavy atom. The first-order valence-corrected chi connectivity index (χ1v) is 7.67. The van der Waals surface area contributed by atoms with Gasteiger partial charge in [0.2, 0.25) is 0 Å². The van der Waals surface area contributed by atoms with E-state index in [9.17, 15) is 28.0 Å². The molecule has 0 aliphatic rings. The smallest absolute Gasteiger partial charge is 0.328 e. The van der Waals surface area contributed by atoms with E-state index in [0.717, 1.165) is 33.5 Å². The van der Waals surface area contributed by atoms with E-state index in [-0.39, 0.29) is 0 Å². The Hall–Kier alpha value is -3.04. The average molecular weight is 387 g/mol. The van der Waals surface area contributed by atoms with Crippen molar-refractivity contribution in [2.45, 2.75) is 13.0 Å². The van der Waals surface area contributed by atoms with Gasteiger partial charge >= 0.3 is 17.9 Å². The van der Waals surface area contributed by atoms with Crippen molar-refractivity contribution >= 4 is 23.8 Å². The second kappa shape index (κ2) is 9.60. The molecule has 27 heavy (non-hydrogen) atoms. The fourth-order valence-electron chi connectivity index (χ4n) is 2.40. The summed E-state index contributed by atoms with van der Waals surface area (Å²) in [5, 5.41) is 2.19. The molecular weight excluding hydrogens is 368 g/mol. The van der Waals surface area contributed by atoms with Crippen LogP contribution >= 0.6 is 0 Å². The van der Waals surface area contributed by atoms with Crippen LogP contribution in [0.3, 0.4) is 0 Å². The highest BCUT2D eigenvalue weighted by Crippen LogP contribution is 2.21. The Bertz CT molecular complexity index is 722. The molecule has 0 saturated heterocycles. The SMILES string of the molecule is COC(=O)C(C(=O)OC)[C@H](C)[C@@H](NC(=O)c1ccc(F)cc1F)C(=O)OC. The molecule has 0 aromatic heterocycles. The minimum absolute atomic E-state index is 0.497. The topological polar surface area (TPSA) is 108 Å². The van der Waals surface area contributed by atoms with Crippen molar-refractivity contribution in [3.8, 4) is 0 Å². The molecule has 1 aromatic carbocycles. The van der Waals surface area contributed by atoms with Crippen molar-refractivity contribution in [2.24, 2.45) is 11.8 Å². The number of amides is 1. The van der Waals surface area contributed by atoms with Crippen molar-refractivity contribution in [3.63, 3.8) is 0 Å². The van der Waals surface area contributed by atoms with Crippen LogP contribution in [0.4, 0.5) is 8.78 Å². The number of hydrogen-bond donors (Lipinski definition) is 1. The van der Waals surface area contributed by atoms with Crippen LogP contribution in [0.5, 0.6) is 0 Å². The molecule has 8 nitrogen and oxygen atoms in total. The number of hydrogen-bond acceptors (Lipinski definition) is 7. The molecule has 0 aliphatic heterocycles. The second-order valence-electron chi connectivity index (χ2n) is 5.48. The molecule has 0 fully saturated rings. The van der Waals surface area contributed by atoms with Crippen LogP contribution in [0.2, 0.25) is 0 Å². The van der Waals surface area contributed by atoms with E-state index < -0.39 is 58.9 Å². The Balaban J connectivity index is 3.20. The lowest BCUT2D eigenvalue weighted by molar-refractivity contribution is -0.163. The van der Waals surface area contributed by atoms with Crippen molar-refractivity contribution in [3.05, 3.63) is 35.4 Å². The Morgan fingerprint density at radius 1 is 0.926 bits per heavy atom. The number of rotatable bonds is 7. The van der Waals surface area contributed by atoms with Crippen LogP contribution in [-0.2, 0) is 28.6 Å². The maximum Gasteiger partial charge on any atom is 0.328 e. The fourth-order valence-corrected chi connectivity index (χ4v) is 2.40. The molecule has 0 heterocycles. The normalized spacial score (nSPS) is 12.7. The Kier molecular flexibility index (Phi) is 7.82. The highest BCUT2D eigenvalue weighted by molar-refractivity contribution is 5.99. The first kappa shape index (κ1) is 22.0. The molecule has 0 radical (unpaired) electrons. The molecule has 0 aliphatic carbocycles. The molecule has 1 rings (SSSR count). The largest absolute Gasteiger partial charge is 0.468 e. The molecule has 0 saturated carbocycles. The third-order valence-electron chi connectivity index (χ3n) is 3.88. The lowest BCUT2D eigenvalue weighted by atomic mass is 9.87. The number of carbonyl (C=O) groups excluding carboxylic acids is 4. The van der Waals surface area contributed by atoms with Gasteiger partial charge in [-0.05, 0) is 12.1 Å². The van der Waals surface area contributed by atoms with Gasteiger partial charge < -0.3 is 19.5 Å². The van der Waals surface area contributed by atoms with Gasteiger partial charge in [0.15, 0.2) is 5.92 Å².